The van der Waals surface area contributed by atoms with Crippen molar-refractivity contribution in [2.24, 2.45) is 10.7 Å². The van der Waals surface area contributed by atoms with E-state index in [9.17, 15) is 4.79 Å². The number of rotatable bonds is 5. The second-order valence-electron chi connectivity index (χ2n) is 5.73. The smallest absolute Gasteiger partial charge is 0.341 e. The average Bonchev–Trinajstić information content (AvgIpc) is 2.58. The number of aryl methyl sites for hydroxylation is 2. The summed E-state index contributed by atoms with van der Waals surface area (Å²) in [7, 11) is 2.84. The number of carbonyl (C=O) groups excluding carboxylic acids is 1. The zero-order valence-corrected chi connectivity index (χ0v) is 14.9. The van der Waals surface area contributed by atoms with Crippen molar-refractivity contribution < 1.29 is 14.3 Å². The van der Waals surface area contributed by atoms with Gasteiger partial charge in [0, 0.05) is 5.69 Å². The summed E-state index contributed by atoms with van der Waals surface area (Å²) >= 11 is 0. The number of hydrogen-bond donors (Lipinski definition) is 2. The minimum atomic E-state index is -0.455. The quantitative estimate of drug-likeness (QED) is 0.496. The molecule has 132 valence electrons. The predicted molar refractivity (Wildman–Crippen MR) is 99.2 cm³/mol. The van der Waals surface area contributed by atoms with Crippen molar-refractivity contribution in [3.05, 3.63) is 58.7 Å². The molecule has 2 rings (SSSR count). The van der Waals surface area contributed by atoms with E-state index in [-0.39, 0.29) is 0 Å². The molecule has 0 spiro atoms. The lowest BCUT2D eigenvalue weighted by molar-refractivity contribution is 0.0597. The van der Waals surface area contributed by atoms with E-state index in [1.807, 2.05) is 32.0 Å². The normalized spacial score (nSPS) is 11.1. The molecule has 0 saturated carbocycles. The van der Waals surface area contributed by atoms with E-state index in [0.717, 1.165) is 22.4 Å². The van der Waals surface area contributed by atoms with E-state index in [1.54, 1.807) is 12.1 Å². The Balaban J connectivity index is 2.13. The van der Waals surface area contributed by atoms with Crippen LogP contribution >= 0.6 is 0 Å². The first-order valence-electron chi connectivity index (χ1n) is 7.83. The first-order valence-corrected chi connectivity index (χ1v) is 7.83. The van der Waals surface area contributed by atoms with Gasteiger partial charge in [-0.3, -0.25) is 0 Å². The number of nitrogens with one attached hydrogen (secondary N) is 1. The maximum absolute atomic E-state index is 11.8. The van der Waals surface area contributed by atoms with Crippen LogP contribution in [-0.2, 0) is 11.3 Å². The molecule has 0 atom stereocenters. The number of nitrogens with two attached hydrogens (primary N) is 1. The number of aliphatic imine (C=N–C) groups is 1. The van der Waals surface area contributed by atoms with E-state index in [4.69, 9.17) is 15.2 Å². The third kappa shape index (κ3) is 4.97. The Bertz CT molecular complexity index is 780. The summed E-state index contributed by atoms with van der Waals surface area (Å²) in [6, 6.07) is 11.3. The molecule has 6 nitrogen and oxygen atoms in total. The molecule has 0 fully saturated rings. The lowest BCUT2D eigenvalue weighted by atomic mass is 10.1. The van der Waals surface area contributed by atoms with Crippen LogP contribution in [0.3, 0.4) is 0 Å². The Labute approximate surface area is 147 Å². The maximum atomic E-state index is 11.8. The number of nitrogens with zero attached hydrogens (tertiary/aromatic N) is 1. The van der Waals surface area contributed by atoms with Crippen LogP contribution in [0.5, 0.6) is 5.75 Å². The van der Waals surface area contributed by atoms with Crippen molar-refractivity contribution in [3.63, 3.8) is 0 Å². The Morgan fingerprint density at radius 1 is 1.12 bits per heavy atom. The van der Waals surface area contributed by atoms with Gasteiger partial charge in [-0.05, 0) is 54.8 Å². The van der Waals surface area contributed by atoms with Crippen molar-refractivity contribution in [2.45, 2.75) is 20.4 Å². The fourth-order valence-electron chi connectivity index (χ4n) is 2.53. The topological polar surface area (TPSA) is 85.9 Å². The van der Waals surface area contributed by atoms with Gasteiger partial charge in [0.1, 0.15) is 11.3 Å². The van der Waals surface area contributed by atoms with E-state index >= 15 is 0 Å². The van der Waals surface area contributed by atoms with Gasteiger partial charge in [0.15, 0.2) is 5.96 Å². The molecule has 0 aliphatic carbocycles. The molecule has 2 aromatic carbocycles. The zero-order valence-electron chi connectivity index (χ0n) is 14.9. The second kappa shape index (κ2) is 8.19. The molecule has 0 heterocycles. The van der Waals surface area contributed by atoms with Gasteiger partial charge in [-0.25, -0.2) is 9.79 Å². The summed E-state index contributed by atoms with van der Waals surface area (Å²) in [4.78, 5) is 16.1. The SMILES string of the molecule is COC(=O)c1cc(CN=C(N)Nc2cc(C)cc(C)c2)ccc1OC. The molecule has 3 N–H and O–H groups in total. The highest BCUT2D eigenvalue weighted by atomic mass is 16.5. The predicted octanol–water partition coefficient (Wildman–Crippen LogP) is 3.03. The van der Waals surface area contributed by atoms with Crippen LogP contribution in [0.15, 0.2) is 41.4 Å². The van der Waals surface area contributed by atoms with E-state index in [1.165, 1.54) is 14.2 Å². The minimum Gasteiger partial charge on any atom is -0.496 e. The molecule has 0 bridgehead atoms. The van der Waals surface area contributed by atoms with Crippen LogP contribution in [0.1, 0.15) is 27.0 Å². The monoisotopic (exact) mass is 341 g/mol. The number of carbonyl (C=O) groups is 1. The molecule has 0 radical (unpaired) electrons. The van der Waals surface area contributed by atoms with Gasteiger partial charge in [0.2, 0.25) is 0 Å². The van der Waals surface area contributed by atoms with Crippen molar-refractivity contribution in [1.29, 1.82) is 0 Å². The van der Waals surface area contributed by atoms with E-state index in [0.29, 0.717) is 23.8 Å². The molecule has 0 aliphatic rings. The van der Waals surface area contributed by atoms with Gasteiger partial charge in [-0.15, -0.1) is 0 Å². The van der Waals surface area contributed by atoms with Crippen LogP contribution in [0, 0.1) is 13.8 Å². The summed E-state index contributed by atoms with van der Waals surface area (Å²) in [5, 5.41) is 3.08. The summed E-state index contributed by atoms with van der Waals surface area (Å²) in [6.45, 7) is 4.38. The lowest BCUT2D eigenvalue weighted by Gasteiger charge is -2.10. The van der Waals surface area contributed by atoms with E-state index in [2.05, 4.69) is 16.4 Å². The zero-order chi connectivity index (χ0) is 18.4. The highest BCUT2D eigenvalue weighted by Crippen LogP contribution is 2.21. The molecule has 0 saturated heterocycles. The first kappa shape index (κ1) is 18.3. The number of hydrogen-bond acceptors (Lipinski definition) is 4. The molecule has 0 aliphatic heterocycles. The average molecular weight is 341 g/mol. The molecule has 0 amide bonds. The van der Waals surface area contributed by atoms with Crippen molar-refractivity contribution in [3.8, 4) is 5.75 Å². The lowest BCUT2D eigenvalue weighted by Crippen LogP contribution is -2.22. The molecule has 2 aromatic rings. The first-order chi connectivity index (χ1) is 11.9. The van der Waals surface area contributed by atoms with Gasteiger partial charge in [0.25, 0.3) is 0 Å². The van der Waals surface area contributed by atoms with Gasteiger partial charge in [-0.1, -0.05) is 12.1 Å². The molecular weight excluding hydrogens is 318 g/mol. The van der Waals surface area contributed by atoms with Crippen LogP contribution in [0.2, 0.25) is 0 Å². The number of methoxy groups -OCH3 is 2. The van der Waals surface area contributed by atoms with Crippen molar-refractivity contribution in [2.75, 3.05) is 19.5 Å². The summed E-state index contributed by atoms with van der Waals surface area (Å²) < 4.78 is 9.95. The Kier molecular flexibility index (Phi) is 6.00. The van der Waals surface area contributed by atoms with Crippen LogP contribution in [0.25, 0.3) is 0 Å². The Hall–Kier alpha value is -3.02. The summed E-state index contributed by atoms with van der Waals surface area (Å²) in [5.74, 6) is 0.311. The van der Waals surface area contributed by atoms with Crippen molar-refractivity contribution in [1.82, 2.24) is 0 Å². The Morgan fingerprint density at radius 3 is 2.40 bits per heavy atom. The Morgan fingerprint density at radius 2 is 1.80 bits per heavy atom. The van der Waals surface area contributed by atoms with Crippen LogP contribution in [-0.4, -0.2) is 26.1 Å². The standard InChI is InChI=1S/C19H23N3O3/c1-12-7-13(2)9-15(8-12)22-19(20)21-11-14-5-6-17(24-3)16(10-14)18(23)25-4/h5-10H,11H2,1-4H3,(H3,20,21,22). The largest absolute Gasteiger partial charge is 0.496 e. The molecule has 0 unspecified atom stereocenters. The highest BCUT2D eigenvalue weighted by Gasteiger charge is 2.13. The number of anilines is 1. The van der Waals surface area contributed by atoms with Crippen molar-refractivity contribution >= 4 is 17.6 Å². The van der Waals surface area contributed by atoms with Gasteiger partial charge >= 0.3 is 5.97 Å². The van der Waals surface area contributed by atoms with Gasteiger partial charge in [0.05, 0.1) is 20.8 Å². The van der Waals surface area contributed by atoms with Gasteiger partial charge in [-0.2, -0.15) is 0 Å². The third-order valence-corrected chi connectivity index (χ3v) is 3.60. The second-order valence-corrected chi connectivity index (χ2v) is 5.73. The maximum Gasteiger partial charge on any atom is 0.341 e. The van der Waals surface area contributed by atoms with Gasteiger partial charge < -0.3 is 20.5 Å². The third-order valence-electron chi connectivity index (χ3n) is 3.60. The molecule has 25 heavy (non-hydrogen) atoms. The molecular formula is C19H23N3O3. The highest BCUT2D eigenvalue weighted by molar-refractivity contribution is 5.93. The minimum absolute atomic E-state index is 0.306. The van der Waals surface area contributed by atoms with Crippen LogP contribution in [0.4, 0.5) is 5.69 Å². The fourth-order valence-corrected chi connectivity index (χ4v) is 2.53. The number of esters is 1. The van der Waals surface area contributed by atoms with E-state index < -0.39 is 5.97 Å². The molecule has 0 aromatic heterocycles. The summed E-state index contributed by atoms with van der Waals surface area (Å²) in [6.07, 6.45) is 0. The number of guanidine groups is 1. The number of benzene rings is 2. The molecule has 6 heteroatoms. The fraction of sp³-hybridized carbons (Fsp3) is 0.263. The number of ether oxygens (including phenoxy) is 2. The van der Waals surface area contributed by atoms with Crippen LogP contribution < -0.4 is 15.8 Å². The summed E-state index contributed by atoms with van der Waals surface area (Å²) in [5.41, 5.74) is 10.3.